The van der Waals surface area contributed by atoms with Crippen LogP contribution in [0.1, 0.15) is 23.5 Å². The van der Waals surface area contributed by atoms with Crippen LogP contribution in [0.3, 0.4) is 0 Å². The average Bonchev–Trinajstić information content (AvgIpc) is 3.22. The lowest BCUT2D eigenvalue weighted by Crippen LogP contribution is -2.31. The van der Waals surface area contributed by atoms with Crippen molar-refractivity contribution in [1.29, 1.82) is 5.26 Å². The maximum Gasteiger partial charge on any atom is 0.216 e. The lowest BCUT2D eigenvalue weighted by atomic mass is 9.96. The largest absolute Gasteiger partial charge is 0.454 e. The number of rotatable bonds is 2. The first kappa shape index (κ1) is 13.3. The van der Waals surface area contributed by atoms with Gasteiger partial charge in [0, 0.05) is 28.0 Å². The second-order valence-corrected chi connectivity index (χ2v) is 7.42. The monoisotopic (exact) mass is 394 g/mol. The first-order chi connectivity index (χ1) is 16.6. The van der Waals surface area contributed by atoms with Gasteiger partial charge in [0.05, 0.1) is 24.0 Å². The molecule has 5 aromatic rings. The molecule has 0 unspecified atom stereocenters. The molecule has 2 heterocycles. The Hall–Kier alpha value is -3.90. The summed E-state index contributed by atoms with van der Waals surface area (Å²) in [5, 5.41) is 11.2. The van der Waals surface area contributed by atoms with E-state index in [1.807, 2.05) is 55.9 Å². The zero-order valence-electron chi connectivity index (χ0n) is 21.8. The van der Waals surface area contributed by atoms with Crippen LogP contribution < -0.4 is 4.57 Å². The number of benzene rings is 3. The van der Waals surface area contributed by atoms with Crippen LogP contribution in [0.15, 0.2) is 77.2 Å². The van der Waals surface area contributed by atoms with E-state index in [1.165, 1.54) is 0 Å². The van der Waals surface area contributed by atoms with E-state index < -0.39 is 18.1 Å². The highest BCUT2D eigenvalue weighted by atomic mass is 16.3. The molecule has 5 rings (SSSR count). The fourth-order valence-corrected chi connectivity index (χ4v) is 4.04. The number of pyridine rings is 1. The third-order valence-electron chi connectivity index (χ3n) is 5.42. The summed E-state index contributed by atoms with van der Waals surface area (Å²) in [5.41, 5.74) is 5.58. The van der Waals surface area contributed by atoms with Crippen molar-refractivity contribution in [3.63, 3.8) is 0 Å². The molecule has 2 aromatic heterocycles. The predicted octanol–water partition coefficient (Wildman–Crippen LogP) is 6.23. The van der Waals surface area contributed by atoms with Gasteiger partial charge < -0.3 is 4.42 Å². The average molecular weight is 395 g/mol. The summed E-state index contributed by atoms with van der Waals surface area (Å²) in [7, 11) is 1.96. The number of nitriles is 1. The van der Waals surface area contributed by atoms with Crippen molar-refractivity contribution in [3.05, 3.63) is 89.5 Å². The van der Waals surface area contributed by atoms with Gasteiger partial charge in [-0.25, -0.2) is 4.57 Å². The third-order valence-corrected chi connectivity index (χ3v) is 5.42. The molecule has 30 heavy (non-hydrogen) atoms. The molecule has 3 heteroatoms. The smallest absolute Gasteiger partial charge is 0.216 e. The summed E-state index contributed by atoms with van der Waals surface area (Å²) in [6.45, 7) is 4.01. The summed E-state index contributed by atoms with van der Waals surface area (Å²) in [6.07, 6.45) is 2.02. The topological polar surface area (TPSA) is 40.8 Å². The van der Waals surface area contributed by atoms with Crippen molar-refractivity contribution < 1.29 is 15.8 Å². The predicted molar refractivity (Wildman–Crippen MR) is 120 cm³/mol. The Morgan fingerprint density at radius 1 is 0.967 bits per heavy atom. The lowest BCUT2D eigenvalue weighted by molar-refractivity contribution is -0.660. The Balaban J connectivity index is 1.96. The van der Waals surface area contributed by atoms with Crippen molar-refractivity contribution in [3.8, 4) is 28.5 Å². The minimum atomic E-state index is -0.456. The standard InChI is InChI=1S/C27H21N2O/c1-17-9-14-23(29(3)16-17)24-18(2)10-12-22-25-20(15-28)11-13-21(26(25)30-27(22)24)19-7-5-4-6-8-19/h4-14,16H,1-3H3/q+1/i4D,5D,6D,7D,8D. The minimum Gasteiger partial charge on any atom is -0.454 e. The molecule has 0 N–H and O–H groups in total. The first-order valence-corrected chi connectivity index (χ1v) is 9.58. The molecule has 144 valence electrons. The quantitative estimate of drug-likeness (QED) is 0.333. The van der Waals surface area contributed by atoms with Crippen molar-refractivity contribution >= 4 is 21.9 Å². The number of fused-ring (bicyclic) bond motifs is 3. The van der Waals surface area contributed by atoms with Gasteiger partial charge in [0.1, 0.15) is 18.2 Å². The van der Waals surface area contributed by atoms with Crippen molar-refractivity contribution in [2.75, 3.05) is 0 Å². The molecule has 0 spiro atoms. The van der Waals surface area contributed by atoms with Crippen LogP contribution in [0.25, 0.3) is 44.3 Å². The van der Waals surface area contributed by atoms with E-state index in [2.05, 4.69) is 6.07 Å². The van der Waals surface area contributed by atoms with Gasteiger partial charge in [-0.15, -0.1) is 0 Å². The summed E-state index contributed by atoms with van der Waals surface area (Å²) >= 11 is 0. The van der Waals surface area contributed by atoms with Crippen molar-refractivity contribution in [2.45, 2.75) is 13.8 Å². The van der Waals surface area contributed by atoms with Gasteiger partial charge in [-0.05, 0) is 43.2 Å². The van der Waals surface area contributed by atoms with E-state index >= 15 is 0 Å². The van der Waals surface area contributed by atoms with Gasteiger partial charge in [-0.1, -0.05) is 42.3 Å². The van der Waals surface area contributed by atoms with Crippen LogP contribution >= 0.6 is 0 Å². The van der Waals surface area contributed by atoms with Gasteiger partial charge in [0.2, 0.25) is 5.69 Å². The van der Waals surface area contributed by atoms with E-state index in [0.29, 0.717) is 27.7 Å². The molecule has 3 aromatic carbocycles. The molecule has 0 fully saturated rings. The Labute approximate surface area is 182 Å². The van der Waals surface area contributed by atoms with E-state index in [1.54, 1.807) is 12.1 Å². The summed E-state index contributed by atoms with van der Waals surface area (Å²) in [4.78, 5) is 0. The highest BCUT2D eigenvalue weighted by Gasteiger charge is 2.23. The molecule has 0 saturated carbocycles. The molecular weight excluding hydrogens is 368 g/mol. The Kier molecular flexibility index (Phi) is 3.05. The molecule has 3 nitrogen and oxygen atoms in total. The van der Waals surface area contributed by atoms with Gasteiger partial charge >= 0.3 is 0 Å². The van der Waals surface area contributed by atoms with Gasteiger partial charge in [-0.3, -0.25) is 0 Å². The van der Waals surface area contributed by atoms with Crippen molar-refractivity contribution in [2.24, 2.45) is 7.05 Å². The summed E-state index contributed by atoms with van der Waals surface area (Å²) in [6, 6.07) is 11.4. The Bertz CT molecular complexity index is 1720. The van der Waals surface area contributed by atoms with Crippen LogP contribution in [0, 0.1) is 25.2 Å². The molecule has 0 atom stereocenters. The lowest BCUT2D eigenvalue weighted by Gasteiger charge is -2.06. The Morgan fingerprint density at radius 2 is 1.77 bits per heavy atom. The summed E-state index contributed by atoms with van der Waals surface area (Å²) < 4.78 is 49.5. The number of aromatic nitrogens is 1. The maximum atomic E-state index is 9.87. The number of hydrogen-bond acceptors (Lipinski definition) is 2. The molecule has 0 aliphatic carbocycles. The van der Waals surface area contributed by atoms with Gasteiger partial charge in [0.15, 0.2) is 6.20 Å². The molecule has 0 radical (unpaired) electrons. The first-order valence-electron chi connectivity index (χ1n) is 12.1. The van der Waals surface area contributed by atoms with Crippen molar-refractivity contribution in [1.82, 2.24) is 0 Å². The van der Waals surface area contributed by atoms with Crippen LogP contribution in [-0.2, 0) is 7.05 Å². The summed E-state index contributed by atoms with van der Waals surface area (Å²) in [5.74, 6) is 0. The zero-order valence-corrected chi connectivity index (χ0v) is 16.8. The van der Waals surface area contributed by atoms with Crippen LogP contribution in [0.4, 0.5) is 0 Å². The molecule has 0 amide bonds. The number of nitrogens with zero attached hydrogens (tertiary/aromatic N) is 2. The molecular formula is C27H21N2O+. The maximum absolute atomic E-state index is 9.87. The Morgan fingerprint density at radius 3 is 2.50 bits per heavy atom. The number of hydrogen-bond donors (Lipinski definition) is 0. The zero-order chi connectivity index (χ0) is 25.2. The second kappa shape index (κ2) is 6.86. The van der Waals surface area contributed by atoms with E-state index in [-0.39, 0.29) is 17.6 Å². The SMILES string of the molecule is [2H]c1c([2H])c([2H])c(-c2ccc(C#N)c3c2oc2c(-c4ccc(C)c[n+]4C)c(C)ccc23)c([2H])c1[2H]. The fourth-order valence-electron chi connectivity index (χ4n) is 4.04. The van der Waals surface area contributed by atoms with Crippen LogP contribution in [-0.4, -0.2) is 0 Å². The number of aryl methyl sites for hydroxylation is 3. The van der Waals surface area contributed by atoms with Gasteiger partial charge in [0.25, 0.3) is 0 Å². The second-order valence-electron chi connectivity index (χ2n) is 7.42. The van der Waals surface area contributed by atoms with Crippen LogP contribution in [0.5, 0.6) is 0 Å². The van der Waals surface area contributed by atoms with Crippen LogP contribution in [0.2, 0.25) is 0 Å². The highest BCUT2D eigenvalue weighted by molar-refractivity contribution is 6.15. The molecule has 0 saturated heterocycles. The van der Waals surface area contributed by atoms with E-state index in [9.17, 15) is 5.26 Å². The van der Waals surface area contributed by atoms with Gasteiger partial charge in [-0.2, -0.15) is 5.26 Å². The highest BCUT2D eigenvalue weighted by Crippen LogP contribution is 2.41. The minimum absolute atomic E-state index is 0.0451. The van der Waals surface area contributed by atoms with E-state index in [4.69, 9.17) is 11.3 Å². The number of furan rings is 1. The molecule has 0 aliphatic heterocycles. The van der Waals surface area contributed by atoms with E-state index in [0.717, 1.165) is 27.8 Å². The molecule has 0 aliphatic rings. The molecule has 0 bridgehead atoms. The third kappa shape index (κ3) is 2.69. The normalized spacial score (nSPS) is 13.5. The fraction of sp³-hybridized carbons (Fsp3) is 0.111.